The van der Waals surface area contributed by atoms with Crippen LogP contribution in [0.2, 0.25) is 0 Å². The molecule has 20 heavy (non-hydrogen) atoms. The van der Waals surface area contributed by atoms with E-state index in [0.29, 0.717) is 12.4 Å². The molecule has 0 atom stereocenters. The van der Waals surface area contributed by atoms with Crippen LogP contribution in [0.4, 0.5) is 5.82 Å². The summed E-state index contributed by atoms with van der Waals surface area (Å²) in [5.74, 6) is 0.506. The molecular formula is C15H15N5. The van der Waals surface area contributed by atoms with E-state index < -0.39 is 0 Å². The number of hydrogen-bond acceptors (Lipinski definition) is 4. The van der Waals surface area contributed by atoms with Crippen LogP contribution in [0.1, 0.15) is 11.4 Å². The summed E-state index contributed by atoms with van der Waals surface area (Å²) in [6, 6.07) is 9.81. The van der Waals surface area contributed by atoms with Crippen molar-refractivity contribution >= 4 is 5.82 Å². The van der Waals surface area contributed by atoms with Crippen LogP contribution in [0.3, 0.4) is 0 Å². The van der Waals surface area contributed by atoms with Crippen molar-refractivity contribution in [1.29, 1.82) is 0 Å². The van der Waals surface area contributed by atoms with Crippen molar-refractivity contribution in [3.63, 3.8) is 0 Å². The lowest BCUT2D eigenvalue weighted by molar-refractivity contribution is 0.776. The summed E-state index contributed by atoms with van der Waals surface area (Å²) in [6.07, 6.45) is 5.26. The van der Waals surface area contributed by atoms with Crippen molar-refractivity contribution in [2.24, 2.45) is 0 Å². The highest BCUT2D eigenvalue weighted by Crippen LogP contribution is 2.23. The monoisotopic (exact) mass is 265 g/mol. The van der Waals surface area contributed by atoms with E-state index in [4.69, 9.17) is 5.73 Å². The molecule has 0 aliphatic rings. The minimum atomic E-state index is 0.506. The van der Waals surface area contributed by atoms with Crippen LogP contribution < -0.4 is 5.73 Å². The molecule has 0 spiro atoms. The fourth-order valence-electron chi connectivity index (χ4n) is 2.17. The highest BCUT2D eigenvalue weighted by atomic mass is 15.1. The van der Waals surface area contributed by atoms with Crippen LogP contribution in [-0.4, -0.2) is 19.5 Å². The molecule has 0 unspecified atom stereocenters. The molecular weight excluding hydrogens is 250 g/mol. The average Bonchev–Trinajstić information content (AvgIpc) is 2.87. The Kier molecular flexibility index (Phi) is 3.16. The molecule has 3 heterocycles. The number of aryl methyl sites for hydroxylation is 1. The maximum absolute atomic E-state index is 5.93. The van der Waals surface area contributed by atoms with Gasteiger partial charge in [-0.2, -0.15) is 0 Å². The molecule has 0 bridgehead atoms. The van der Waals surface area contributed by atoms with Crippen LogP contribution in [0.25, 0.3) is 11.3 Å². The summed E-state index contributed by atoms with van der Waals surface area (Å²) < 4.78 is 2.02. The van der Waals surface area contributed by atoms with E-state index in [1.807, 2.05) is 41.8 Å². The molecule has 0 saturated carbocycles. The van der Waals surface area contributed by atoms with Crippen molar-refractivity contribution in [2.45, 2.75) is 13.5 Å². The third-order valence-corrected chi connectivity index (χ3v) is 3.11. The Morgan fingerprint density at radius 1 is 1.20 bits per heavy atom. The summed E-state index contributed by atoms with van der Waals surface area (Å²) in [4.78, 5) is 12.8. The largest absolute Gasteiger partial charge is 0.383 e. The average molecular weight is 265 g/mol. The molecule has 0 saturated heterocycles. The predicted octanol–water partition coefficient (Wildman–Crippen LogP) is 2.28. The normalized spacial score (nSPS) is 10.7. The molecule has 0 aliphatic heterocycles. The smallest absolute Gasteiger partial charge is 0.132 e. The summed E-state index contributed by atoms with van der Waals surface area (Å²) in [6.45, 7) is 2.64. The minimum absolute atomic E-state index is 0.506. The lowest BCUT2D eigenvalue weighted by Gasteiger charge is -2.09. The molecule has 3 aromatic heterocycles. The second-order valence-corrected chi connectivity index (χ2v) is 4.61. The van der Waals surface area contributed by atoms with Gasteiger partial charge in [-0.15, -0.1) is 0 Å². The van der Waals surface area contributed by atoms with Crippen LogP contribution in [0.15, 0.2) is 49.1 Å². The van der Waals surface area contributed by atoms with Crippen molar-refractivity contribution < 1.29 is 0 Å². The SMILES string of the molecule is Cc1cccc(Cn2cncc2-c2cccnc2N)n1. The van der Waals surface area contributed by atoms with E-state index in [-0.39, 0.29) is 0 Å². The zero-order valence-corrected chi connectivity index (χ0v) is 11.2. The Morgan fingerprint density at radius 3 is 2.90 bits per heavy atom. The zero-order chi connectivity index (χ0) is 13.9. The second-order valence-electron chi connectivity index (χ2n) is 4.61. The van der Waals surface area contributed by atoms with Gasteiger partial charge in [0.1, 0.15) is 5.82 Å². The number of nitrogens with two attached hydrogens (primary N) is 1. The molecule has 0 aromatic carbocycles. The quantitative estimate of drug-likeness (QED) is 0.788. The van der Waals surface area contributed by atoms with Crippen molar-refractivity contribution in [1.82, 2.24) is 19.5 Å². The van der Waals surface area contributed by atoms with Gasteiger partial charge < -0.3 is 10.3 Å². The molecule has 5 nitrogen and oxygen atoms in total. The maximum atomic E-state index is 5.93. The molecule has 0 amide bonds. The van der Waals surface area contributed by atoms with Crippen LogP contribution in [0.5, 0.6) is 0 Å². The molecule has 3 rings (SSSR count). The van der Waals surface area contributed by atoms with Crippen molar-refractivity contribution in [3.8, 4) is 11.3 Å². The Hall–Kier alpha value is -2.69. The van der Waals surface area contributed by atoms with Gasteiger partial charge in [0.05, 0.1) is 30.5 Å². The number of nitrogen functional groups attached to an aromatic ring is 1. The van der Waals surface area contributed by atoms with Gasteiger partial charge in [-0.25, -0.2) is 9.97 Å². The zero-order valence-electron chi connectivity index (χ0n) is 11.2. The standard InChI is InChI=1S/C15H15N5/c1-11-4-2-5-12(19-11)9-20-10-17-8-14(20)13-6-3-7-18-15(13)16/h2-8,10H,9H2,1H3,(H2,16,18). The Bertz CT molecular complexity index is 732. The van der Waals surface area contributed by atoms with Gasteiger partial charge >= 0.3 is 0 Å². The molecule has 0 aliphatic carbocycles. The first-order chi connectivity index (χ1) is 9.74. The van der Waals surface area contributed by atoms with E-state index in [0.717, 1.165) is 22.6 Å². The predicted molar refractivity (Wildman–Crippen MR) is 77.9 cm³/mol. The number of anilines is 1. The van der Waals surface area contributed by atoms with Crippen molar-refractivity contribution in [3.05, 3.63) is 60.4 Å². The van der Waals surface area contributed by atoms with Gasteiger partial charge in [0.2, 0.25) is 0 Å². The number of nitrogens with zero attached hydrogens (tertiary/aromatic N) is 4. The highest BCUT2D eigenvalue weighted by Gasteiger charge is 2.09. The Morgan fingerprint density at radius 2 is 2.10 bits per heavy atom. The van der Waals surface area contributed by atoms with E-state index in [1.54, 1.807) is 18.7 Å². The second kappa shape index (κ2) is 5.13. The number of aromatic nitrogens is 4. The Balaban J connectivity index is 1.97. The third kappa shape index (κ3) is 2.38. The fraction of sp³-hybridized carbons (Fsp3) is 0.133. The van der Waals surface area contributed by atoms with E-state index >= 15 is 0 Å². The molecule has 2 N–H and O–H groups in total. The maximum Gasteiger partial charge on any atom is 0.132 e. The lowest BCUT2D eigenvalue weighted by Crippen LogP contribution is -2.04. The third-order valence-electron chi connectivity index (χ3n) is 3.11. The number of pyridine rings is 2. The van der Waals surface area contributed by atoms with E-state index in [9.17, 15) is 0 Å². The molecule has 5 heteroatoms. The van der Waals surface area contributed by atoms with E-state index in [2.05, 4.69) is 15.0 Å². The summed E-state index contributed by atoms with van der Waals surface area (Å²) >= 11 is 0. The molecule has 100 valence electrons. The number of hydrogen-bond donors (Lipinski definition) is 1. The van der Waals surface area contributed by atoms with Crippen LogP contribution in [0, 0.1) is 6.92 Å². The van der Waals surface area contributed by atoms with Crippen LogP contribution >= 0.6 is 0 Å². The van der Waals surface area contributed by atoms with Gasteiger partial charge in [-0.1, -0.05) is 6.07 Å². The molecule has 0 radical (unpaired) electrons. The fourth-order valence-corrected chi connectivity index (χ4v) is 2.17. The van der Waals surface area contributed by atoms with Crippen molar-refractivity contribution in [2.75, 3.05) is 5.73 Å². The Labute approximate surface area is 117 Å². The van der Waals surface area contributed by atoms with Crippen LogP contribution in [-0.2, 0) is 6.54 Å². The summed E-state index contributed by atoms with van der Waals surface area (Å²) in [7, 11) is 0. The number of imidazole rings is 1. The van der Waals surface area contributed by atoms with Gasteiger partial charge in [-0.05, 0) is 31.2 Å². The first-order valence-corrected chi connectivity index (χ1v) is 6.37. The van der Waals surface area contributed by atoms with E-state index in [1.165, 1.54) is 0 Å². The van der Waals surface area contributed by atoms with Gasteiger partial charge in [0.15, 0.2) is 0 Å². The van der Waals surface area contributed by atoms with Gasteiger partial charge in [0.25, 0.3) is 0 Å². The van der Waals surface area contributed by atoms with Gasteiger partial charge in [-0.3, -0.25) is 4.98 Å². The number of rotatable bonds is 3. The molecule has 3 aromatic rings. The highest BCUT2D eigenvalue weighted by molar-refractivity contribution is 5.70. The topological polar surface area (TPSA) is 69.6 Å². The van der Waals surface area contributed by atoms with Gasteiger partial charge in [0, 0.05) is 17.5 Å². The minimum Gasteiger partial charge on any atom is -0.383 e. The summed E-state index contributed by atoms with van der Waals surface area (Å²) in [5, 5.41) is 0. The summed E-state index contributed by atoms with van der Waals surface area (Å²) in [5.41, 5.74) is 9.76. The first-order valence-electron chi connectivity index (χ1n) is 6.37. The lowest BCUT2D eigenvalue weighted by atomic mass is 10.2. The molecule has 0 fully saturated rings. The first kappa shape index (κ1) is 12.3.